The Bertz CT molecular complexity index is 583. The fourth-order valence-corrected chi connectivity index (χ4v) is 9.98. The minimum atomic E-state index is -0.0356. The van der Waals surface area contributed by atoms with Gasteiger partial charge >= 0.3 is 0 Å². The van der Waals surface area contributed by atoms with Crippen LogP contribution in [0.15, 0.2) is 0 Å². The summed E-state index contributed by atoms with van der Waals surface area (Å²) < 4.78 is 0. The normalized spacial score (nSPS) is 48.0. The molecule has 0 aromatic heterocycles. The quantitative estimate of drug-likeness (QED) is 0.463. The van der Waals surface area contributed by atoms with Crippen molar-refractivity contribution in [2.45, 2.75) is 125 Å². The lowest BCUT2D eigenvalue weighted by molar-refractivity contribution is -0.164. The van der Waals surface area contributed by atoms with Gasteiger partial charge in [-0.1, -0.05) is 60.8 Å². The summed E-state index contributed by atoms with van der Waals surface area (Å²) in [5.41, 5.74) is 0.792. The number of fused-ring (bicyclic) bond motifs is 5. The Morgan fingerprint density at radius 2 is 1.63 bits per heavy atom. The zero-order valence-electron chi connectivity index (χ0n) is 21.1. The molecule has 0 bridgehead atoms. The molecule has 1 nitrogen and oxygen atoms in total. The monoisotopic (exact) mass is 416 g/mol. The van der Waals surface area contributed by atoms with Gasteiger partial charge in [0.05, 0.1) is 6.10 Å². The van der Waals surface area contributed by atoms with Gasteiger partial charge in [-0.15, -0.1) is 0 Å². The Morgan fingerprint density at radius 3 is 2.33 bits per heavy atom. The molecule has 0 saturated heterocycles. The van der Waals surface area contributed by atoms with Crippen molar-refractivity contribution in [2.75, 3.05) is 0 Å². The van der Waals surface area contributed by atoms with E-state index >= 15 is 0 Å². The van der Waals surface area contributed by atoms with Crippen molar-refractivity contribution in [1.82, 2.24) is 0 Å². The number of rotatable bonds is 6. The van der Waals surface area contributed by atoms with Crippen molar-refractivity contribution in [3.8, 4) is 0 Å². The van der Waals surface area contributed by atoms with E-state index in [0.29, 0.717) is 5.41 Å². The third kappa shape index (κ3) is 3.62. The lowest BCUT2D eigenvalue weighted by Crippen LogP contribution is -2.57. The van der Waals surface area contributed by atoms with E-state index in [-0.39, 0.29) is 11.5 Å². The molecule has 4 aliphatic carbocycles. The summed E-state index contributed by atoms with van der Waals surface area (Å²) in [4.78, 5) is 0. The van der Waals surface area contributed by atoms with E-state index < -0.39 is 0 Å². The second-order valence-corrected chi connectivity index (χ2v) is 13.2. The van der Waals surface area contributed by atoms with Gasteiger partial charge in [0.2, 0.25) is 0 Å². The van der Waals surface area contributed by atoms with Gasteiger partial charge in [0.1, 0.15) is 0 Å². The molecule has 3 unspecified atom stereocenters. The van der Waals surface area contributed by atoms with Crippen molar-refractivity contribution < 1.29 is 5.11 Å². The van der Waals surface area contributed by atoms with Crippen LogP contribution in [-0.4, -0.2) is 11.2 Å². The van der Waals surface area contributed by atoms with Crippen LogP contribution < -0.4 is 0 Å². The van der Waals surface area contributed by atoms with E-state index in [9.17, 15) is 5.11 Å². The minimum Gasteiger partial charge on any atom is -0.393 e. The van der Waals surface area contributed by atoms with Crippen LogP contribution in [0.3, 0.4) is 0 Å². The molecule has 0 aliphatic heterocycles. The van der Waals surface area contributed by atoms with E-state index in [4.69, 9.17) is 0 Å². The first-order chi connectivity index (χ1) is 14.2. The van der Waals surface area contributed by atoms with Gasteiger partial charge in [0.25, 0.3) is 0 Å². The fourth-order valence-electron chi connectivity index (χ4n) is 9.98. The smallest absolute Gasteiger partial charge is 0.0599 e. The largest absolute Gasteiger partial charge is 0.393 e. The van der Waals surface area contributed by atoms with Crippen molar-refractivity contribution in [2.24, 2.45) is 58.2 Å². The Balaban J connectivity index is 1.47. The zero-order valence-corrected chi connectivity index (χ0v) is 21.1. The first-order valence-corrected chi connectivity index (χ1v) is 13.9. The van der Waals surface area contributed by atoms with E-state index in [0.717, 1.165) is 53.8 Å². The van der Waals surface area contributed by atoms with E-state index in [2.05, 4.69) is 41.5 Å². The Hall–Kier alpha value is -0.0400. The van der Waals surface area contributed by atoms with Gasteiger partial charge in [-0.05, 0) is 116 Å². The highest BCUT2D eigenvalue weighted by Gasteiger charge is 2.61. The maximum atomic E-state index is 11.1. The lowest BCUT2D eigenvalue weighted by atomic mass is 9.44. The van der Waals surface area contributed by atoms with Crippen LogP contribution in [0.4, 0.5) is 0 Å². The van der Waals surface area contributed by atoms with E-state index in [1.807, 2.05) is 0 Å². The topological polar surface area (TPSA) is 20.2 Å². The summed E-state index contributed by atoms with van der Waals surface area (Å²) in [5, 5.41) is 11.1. The highest BCUT2D eigenvalue weighted by atomic mass is 16.3. The van der Waals surface area contributed by atoms with E-state index in [1.54, 1.807) is 0 Å². The van der Waals surface area contributed by atoms with Crippen LogP contribution in [0.1, 0.15) is 119 Å². The van der Waals surface area contributed by atoms with Crippen LogP contribution >= 0.6 is 0 Å². The second-order valence-electron chi connectivity index (χ2n) is 13.2. The molecule has 4 aliphatic rings. The first kappa shape index (κ1) is 23.1. The molecule has 174 valence electrons. The van der Waals surface area contributed by atoms with Crippen LogP contribution in [0.2, 0.25) is 0 Å². The summed E-state index contributed by atoms with van der Waals surface area (Å²) >= 11 is 0. The molecule has 30 heavy (non-hydrogen) atoms. The van der Waals surface area contributed by atoms with Gasteiger partial charge in [-0.25, -0.2) is 0 Å². The standard InChI is InChI=1S/C29H52O/c1-7-21(19(2)3)12-11-20(4)24-15-16-25-23-14-13-22-9-8-10-27(30)29(22,6)26(23)17-18-28(24,25)5/h19-27,30H,7-18H2,1-6H3/t20-,21?,22?,23+,24-,25+,26+,27?,28-,29+/m1/s1. The summed E-state index contributed by atoms with van der Waals surface area (Å²) in [7, 11) is 0. The molecule has 4 saturated carbocycles. The Labute approximate surface area is 188 Å². The van der Waals surface area contributed by atoms with Gasteiger partial charge in [0, 0.05) is 0 Å². The average molecular weight is 417 g/mol. The second kappa shape index (κ2) is 8.72. The van der Waals surface area contributed by atoms with Gasteiger partial charge in [-0.2, -0.15) is 0 Å². The molecule has 1 N–H and O–H groups in total. The fraction of sp³-hybridized carbons (Fsp3) is 1.00. The third-order valence-corrected chi connectivity index (χ3v) is 11.9. The lowest BCUT2D eigenvalue weighted by Gasteiger charge is -2.62. The molecule has 4 rings (SSSR count). The number of aliphatic hydroxyl groups excluding tert-OH is 1. The zero-order chi connectivity index (χ0) is 21.7. The SMILES string of the molecule is CCC(CC[C@@H](C)[C@H]1CC[C@H]2[C@@H]3CCC4CCCC(O)[C@]4(C)[C@H]3CC[C@]12C)C(C)C. The number of aliphatic hydroxyl groups is 1. The average Bonchev–Trinajstić information content (AvgIpc) is 3.06. The Kier molecular flexibility index (Phi) is 6.72. The van der Waals surface area contributed by atoms with Gasteiger partial charge in [0.15, 0.2) is 0 Å². The molecular weight excluding hydrogens is 364 g/mol. The summed E-state index contributed by atoms with van der Waals surface area (Å²) in [5.74, 6) is 7.00. The summed E-state index contributed by atoms with van der Waals surface area (Å²) in [6.45, 7) is 15.0. The predicted molar refractivity (Wildman–Crippen MR) is 128 cm³/mol. The molecule has 0 spiro atoms. The third-order valence-electron chi connectivity index (χ3n) is 11.9. The van der Waals surface area contributed by atoms with Crippen molar-refractivity contribution in [1.29, 1.82) is 0 Å². The molecule has 0 aromatic rings. The Morgan fingerprint density at radius 1 is 0.867 bits per heavy atom. The molecule has 4 fully saturated rings. The van der Waals surface area contributed by atoms with Crippen LogP contribution in [0, 0.1) is 58.2 Å². The van der Waals surface area contributed by atoms with Gasteiger partial charge in [-0.3, -0.25) is 0 Å². The van der Waals surface area contributed by atoms with Crippen LogP contribution in [0.5, 0.6) is 0 Å². The molecule has 0 radical (unpaired) electrons. The molecule has 10 atom stereocenters. The predicted octanol–water partition coefficient (Wildman–Crippen LogP) is 8.10. The molecule has 0 amide bonds. The van der Waals surface area contributed by atoms with Crippen LogP contribution in [-0.2, 0) is 0 Å². The molecular formula is C29H52O. The maximum absolute atomic E-state index is 11.1. The van der Waals surface area contributed by atoms with Crippen molar-refractivity contribution in [3.05, 3.63) is 0 Å². The summed E-state index contributed by atoms with van der Waals surface area (Å²) in [6, 6.07) is 0. The number of hydrogen-bond acceptors (Lipinski definition) is 1. The molecule has 1 heteroatoms. The summed E-state index contributed by atoms with van der Waals surface area (Å²) in [6.07, 6.45) is 16.5. The maximum Gasteiger partial charge on any atom is 0.0599 e. The van der Waals surface area contributed by atoms with E-state index in [1.165, 1.54) is 70.6 Å². The number of hydrogen-bond donors (Lipinski definition) is 1. The van der Waals surface area contributed by atoms with Crippen molar-refractivity contribution in [3.63, 3.8) is 0 Å². The highest BCUT2D eigenvalue weighted by Crippen LogP contribution is 2.68. The van der Waals surface area contributed by atoms with Crippen molar-refractivity contribution >= 4 is 0 Å². The highest BCUT2D eigenvalue weighted by molar-refractivity contribution is 5.10. The molecule has 0 heterocycles. The molecule has 0 aromatic carbocycles. The minimum absolute atomic E-state index is 0.0356. The van der Waals surface area contributed by atoms with Gasteiger partial charge < -0.3 is 5.11 Å². The van der Waals surface area contributed by atoms with Crippen LogP contribution in [0.25, 0.3) is 0 Å². The first-order valence-electron chi connectivity index (χ1n) is 13.9.